The first-order chi connectivity index (χ1) is 13.6. The highest BCUT2D eigenvalue weighted by Crippen LogP contribution is 2.29. The Kier molecular flexibility index (Phi) is 7.95. The molecule has 0 spiro atoms. The average Bonchev–Trinajstić information content (AvgIpc) is 2.67. The number of ether oxygens (including phenoxy) is 1. The number of amides is 1. The number of anilines is 1. The monoisotopic (exact) mass is 482 g/mol. The normalized spacial score (nSPS) is 11.3. The number of nitrogens with zero attached hydrogens (tertiary/aromatic N) is 1. The number of carbonyl (C=O) groups excluding carboxylic acids is 2. The molecule has 0 aliphatic heterocycles. The fourth-order valence-electron chi connectivity index (χ4n) is 2.49. The zero-order valence-electron chi connectivity index (χ0n) is 16.4. The third kappa shape index (κ3) is 6.12. The Bertz CT molecular complexity index is 988. The van der Waals surface area contributed by atoms with E-state index >= 15 is 0 Å². The van der Waals surface area contributed by atoms with Crippen LogP contribution in [0, 0.1) is 0 Å². The molecule has 0 unspecified atom stereocenters. The van der Waals surface area contributed by atoms with Crippen molar-refractivity contribution in [3.05, 3.63) is 52.5 Å². The van der Waals surface area contributed by atoms with Crippen LogP contribution in [0.3, 0.4) is 0 Å². The number of sulfonamides is 1. The van der Waals surface area contributed by atoms with Crippen molar-refractivity contribution >= 4 is 43.3 Å². The van der Waals surface area contributed by atoms with Crippen LogP contribution in [0.1, 0.15) is 30.1 Å². The van der Waals surface area contributed by atoms with Gasteiger partial charge in [-0.05, 0) is 37.3 Å². The number of nitrogens with one attached hydrogen (secondary N) is 1. The minimum atomic E-state index is -3.75. The van der Waals surface area contributed by atoms with E-state index in [2.05, 4.69) is 21.2 Å². The quantitative estimate of drug-likeness (QED) is 0.550. The number of benzene rings is 2. The molecule has 0 aliphatic rings. The highest BCUT2D eigenvalue weighted by atomic mass is 79.9. The molecule has 0 atom stereocenters. The molecule has 2 aromatic carbocycles. The summed E-state index contributed by atoms with van der Waals surface area (Å²) in [5, 5.41) is 2.64. The van der Waals surface area contributed by atoms with Gasteiger partial charge in [-0.1, -0.05) is 28.1 Å². The first-order valence-electron chi connectivity index (χ1n) is 8.93. The molecule has 0 radical (unpaired) electrons. The number of halogens is 1. The Morgan fingerprint density at radius 2 is 1.72 bits per heavy atom. The Morgan fingerprint density at radius 1 is 1.07 bits per heavy atom. The molecule has 0 bridgehead atoms. The van der Waals surface area contributed by atoms with Crippen molar-refractivity contribution in [2.24, 2.45) is 0 Å². The number of carbonyl (C=O) groups is 2. The summed E-state index contributed by atoms with van der Waals surface area (Å²) in [7, 11) is -0.913. The van der Waals surface area contributed by atoms with Gasteiger partial charge in [0.2, 0.25) is 15.9 Å². The predicted molar refractivity (Wildman–Crippen MR) is 115 cm³/mol. The molecule has 0 aromatic heterocycles. The minimum absolute atomic E-state index is 0.0160. The van der Waals surface area contributed by atoms with Crippen molar-refractivity contribution in [2.45, 2.75) is 24.7 Å². The van der Waals surface area contributed by atoms with E-state index in [-0.39, 0.29) is 35.2 Å². The van der Waals surface area contributed by atoms with Crippen molar-refractivity contribution in [1.29, 1.82) is 0 Å². The van der Waals surface area contributed by atoms with Crippen LogP contribution in [0.25, 0.3) is 0 Å². The lowest BCUT2D eigenvalue weighted by Gasteiger charge is -2.16. The van der Waals surface area contributed by atoms with Crippen molar-refractivity contribution in [2.75, 3.05) is 26.0 Å². The van der Waals surface area contributed by atoms with Crippen LogP contribution in [0.5, 0.6) is 5.75 Å². The fraction of sp³-hybridized carbons (Fsp3) is 0.300. The molecule has 0 aliphatic carbocycles. The van der Waals surface area contributed by atoms with Crippen LogP contribution in [0.15, 0.2) is 51.8 Å². The van der Waals surface area contributed by atoms with E-state index in [9.17, 15) is 18.0 Å². The summed E-state index contributed by atoms with van der Waals surface area (Å²) in [4.78, 5) is 24.4. The SMILES string of the molecule is CCOc1ccc(NC(=O)CCC(=O)c2ccc(Br)cc2)cc1S(=O)(=O)N(C)C. The number of rotatable bonds is 9. The van der Waals surface area contributed by atoms with Crippen LogP contribution < -0.4 is 10.1 Å². The maximum atomic E-state index is 12.5. The summed E-state index contributed by atoms with van der Waals surface area (Å²) in [5.41, 5.74) is 0.844. The van der Waals surface area contributed by atoms with Gasteiger partial charge in [0.1, 0.15) is 10.6 Å². The number of Topliss-reactive ketones (excluding diaryl/α,β-unsaturated/α-hetero) is 1. The van der Waals surface area contributed by atoms with Crippen LogP contribution in [-0.2, 0) is 14.8 Å². The van der Waals surface area contributed by atoms with Gasteiger partial charge in [0.25, 0.3) is 0 Å². The standard InChI is InChI=1S/C20H23BrN2O5S/c1-4-28-18-11-9-16(13-19(18)29(26,27)23(2)3)22-20(25)12-10-17(24)14-5-7-15(21)8-6-14/h5-9,11,13H,4,10,12H2,1-3H3,(H,22,25). The highest BCUT2D eigenvalue weighted by Gasteiger charge is 2.23. The summed E-state index contributed by atoms with van der Waals surface area (Å²) in [5.74, 6) is -0.312. The van der Waals surface area contributed by atoms with E-state index in [4.69, 9.17) is 4.74 Å². The van der Waals surface area contributed by atoms with Crippen molar-refractivity contribution < 1.29 is 22.7 Å². The lowest BCUT2D eigenvalue weighted by Crippen LogP contribution is -2.23. The maximum Gasteiger partial charge on any atom is 0.246 e. The third-order valence-corrected chi connectivity index (χ3v) is 6.40. The zero-order chi connectivity index (χ0) is 21.6. The van der Waals surface area contributed by atoms with E-state index < -0.39 is 10.0 Å². The first-order valence-corrected chi connectivity index (χ1v) is 11.2. The van der Waals surface area contributed by atoms with Gasteiger partial charge in [0, 0.05) is 42.7 Å². The van der Waals surface area contributed by atoms with Gasteiger partial charge in [-0.3, -0.25) is 9.59 Å². The maximum absolute atomic E-state index is 12.5. The Balaban J connectivity index is 2.09. The average molecular weight is 483 g/mol. The predicted octanol–water partition coefficient (Wildman–Crippen LogP) is 3.70. The van der Waals surface area contributed by atoms with Gasteiger partial charge in [-0.2, -0.15) is 0 Å². The highest BCUT2D eigenvalue weighted by molar-refractivity contribution is 9.10. The minimum Gasteiger partial charge on any atom is -0.492 e. The molecule has 0 saturated heterocycles. The second kappa shape index (κ2) is 10.00. The van der Waals surface area contributed by atoms with Crippen LogP contribution >= 0.6 is 15.9 Å². The Labute approximate surface area is 179 Å². The molecule has 9 heteroatoms. The van der Waals surface area contributed by atoms with Gasteiger partial charge in [0.15, 0.2) is 5.78 Å². The largest absolute Gasteiger partial charge is 0.492 e. The molecular weight excluding hydrogens is 460 g/mol. The first kappa shape index (κ1) is 23.1. The molecule has 1 N–H and O–H groups in total. The summed E-state index contributed by atoms with van der Waals surface area (Å²) in [6.07, 6.45) is 0.0330. The molecule has 29 heavy (non-hydrogen) atoms. The second-order valence-corrected chi connectivity index (χ2v) is 9.40. The number of ketones is 1. The third-order valence-electron chi connectivity index (χ3n) is 4.03. The van der Waals surface area contributed by atoms with Gasteiger partial charge >= 0.3 is 0 Å². The van der Waals surface area contributed by atoms with Gasteiger partial charge in [0.05, 0.1) is 6.61 Å². The van der Waals surface area contributed by atoms with Gasteiger partial charge < -0.3 is 10.1 Å². The van der Waals surface area contributed by atoms with Crippen LogP contribution in [-0.4, -0.2) is 45.1 Å². The molecular formula is C20H23BrN2O5S. The van der Waals surface area contributed by atoms with Crippen molar-refractivity contribution in [1.82, 2.24) is 4.31 Å². The summed E-state index contributed by atoms with van der Waals surface area (Å²) >= 11 is 3.31. The molecule has 1 amide bonds. The molecule has 2 rings (SSSR count). The Morgan fingerprint density at radius 3 is 2.31 bits per heavy atom. The van der Waals surface area contributed by atoms with Crippen LogP contribution in [0.4, 0.5) is 5.69 Å². The van der Waals surface area contributed by atoms with E-state index in [0.717, 1.165) is 8.78 Å². The summed E-state index contributed by atoms with van der Waals surface area (Å²) in [6, 6.07) is 11.3. The number of hydrogen-bond acceptors (Lipinski definition) is 5. The Hall–Kier alpha value is -2.23. The van der Waals surface area contributed by atoms with Crippen molar-refractivity contribution in [3.63, 3.8) is 0 Å². The van der Waals surface area contributed by atoms with Gasteiger partial charge in [-0.15, -0.1) is 0 Å². The van der Waals surface area contributed by atoms with E-state index in [0.29, 0.717) is 17.9 Å². The van der Waals surface area contributed by atoms with Crippen molar-refractivity contribution in [3.8, 4) is 5.75 Å². The smallest absolute Gasteiger partial charge is 0.246 e. The van der Waals surface area contributed by atoms with E-state index in [1.165, 1.54) is 26.2 Å². The fourth-order valence-corrected chi connectivity index (χ4v) is 3.80. The molecule has 0 heterocycles. The molecule has 0 fully saturated rings. The summed E-state index contributed by atoms with van der Waals surface area (Å²) in [6.45, 7) is 2.06. The summed E-state index contributed by atoms with van der Waals surface area (Å²) < 4.78 is 32.4. The molecule has 2 aromatic rings. The van der Waals surface area contributed by atoms with E-state index in [1.807, 2.05) is 0 Å². The second-order valence-electron chi connectivity index (χ2n) is 6.36. The lowest BCUT2D eigenvalue weighted by atomic mass is 10.1. The lowest BCUT2D eigenvalue weighted by molar-refractivity contribution is -0.116. The molecule has 156 valence electrons. The topological polar surface area (TPSA) is 92.8 Å². The zero-order valence-corrected chi connectivity index (χ0v) is 18.8. The van der Waals surface area contributed by atoms with Crippen LogP contribution in [0.2, 0.25) is 0 Å². The molecule has 0 saturated carbocycles. The molecule has 7 nitrogen and oxygen atoms in total. The van der Waals surface area contributed by atoms with E-state index in [1.54, 1.807) is 37.3 Å². The number of hydrogen-bond donors (Lipinski definition) is 1. The van der Waals surface area contributed by atoms with Gasteiger partial charge in [-0.25, -0.2) is 12.7 Å².